The molecule has 1 aliphatic rings. The van der Waals surface area contributed by atoms with E-state index >= 15 is 0 Å². The van der Waals surface area contributed by atoms with Gasteiger partial charge in [-0.3, -0.25) is 0 Å². The van der Waals surface area contributed by atoms with E-state index in [1.807, 2.05) is 27.7 Å². The Hall–Kier alpha value is -1.36. The molecule has 0 aliphatic carbocycles. The lowest BCUT2D eigenvalue weighted by Crippen LogP contribution is -2.39. The highest BCUT2D eigenvalue weighted by Gasteiger charge is 2.24. The molecular formula is C15H22N2O2S. The van der Waals surface area contributed by atoms with E-state index in [-0.39, 0.29) is 6.09 Å². The highest BCUT2D eigenvalue weighted by atomic mass is 32.1. The molecule has 0 spiro atoms. The molecule has 20 heavy (non-hydrogen) atoms. The molecule has 0 unspecified atom stereocenters. The second kappa shape index (κ2) is 5.56. The molecule has 0 atom stereocenters. The van der Waals surface area contributed by atoms with Gasteiger partial charge in [0.15, 0.2) is 0 Å². The summed E-state index contributed by atoms with van der Waals surface area (Å²) in [6.07, 6.45) is 2.75. The first-order chi connectivity index (χ1) is 9.28. The van der Waals surface area contributed by atoms with Crippen molar-refractivity contribution in [3.05, 3.63) is 22.2 Å². The zero-order valence-electron chi connectivity index (χ0n) is 12.8. The van der Waals surface area contributed by atoms with Crippen molar-refractivity contribution in [2.24, 2.45) is 0 Å². The first kappa shape index (κ1) is 15.0. The van der Waals surface area contributed by atoms with Crippen molar-refractivity contribution in [2.45, 2.75) is 46.6 Å². The Labute approximate surface area is 124 Å². The molecule has 2 heterocycles. The Morgan fingerprint density at radius 3 is 2.55 bits per heavy atom. The number of hydrogen-bond acceptors (Lipinski definition) is 4. The number of nitrogens with zero attached hydrogens (tertiary/aromatic N) is 2. The Bertz CT molecular complexity index is 521. The van der Waals surface area contributed by atoms with Gasteiger partial charge in [-0.05, 0) is 58.1 Å². The number of aryl methyl sites for hydroxylation is 2. The van der Waals surface area contributed by atoms with Gasteiger partial charge in [-0.2, -0.15) is 4.37 Å². The number of carbonyl (C=O) groups is 1. The molecule has 2 rings (SSSR count). The fraction of sp³-hybridized carbons (Fsp3) is 0.600. The first-order valence-corrected chi connectivity index (χ1v) is 7.65. The molecule has 1 aromatic heterocycles. The zero-order valence-corrected chi connectivity index (χ0v) is 13.6. The lowest BCUT2D eigenvalue weighted by atomic mass is 9.98. The third kappa shape index (κ3) is 3.39. The molecule has 0 bridgehead atoms. The van der Waals surface area contributed by atoms with Crippen LogP contribution in [0.4, 0.5) is 4.79 Å². The highest BCUT2D eigenvalue weighted by Crippen LogP contribution is 2.30. The average Bonchev–Trinajstić information content (AvgIpc) is 2.67. The van der Waals surface area contributed by atoms with E-state index in [0.717, 1.165) is 12.1 Å². The molecular weight excluding hydrogens is 272 g/mol. The minimum Gasteiger partial charge on any atom is -0.444 e. The van der Waals surface area contributed by atoms with Crippen molar-refractivity contribution >= 4 is 23.2 Å². The maximum Gasteiger partial charge on any atom is 0.410 e. The van der Waals surface area contributed by atoms with Gasteiger partial charge in [-0.1, -0.05) is 6.08 Å². The van der Waals surface area contributed by atoms with Crippen LogP contribution in [0.1, 0.15) is 43.3 Å². The third-order valence-electron chi connectivity index (χ3n) is 3.22. The lowest BCUT2D eigenvalue weighted by Gasteiger charge is -2.29. The van der Waals surface area contributed by atoms with Crippen molar-refractivity contribution in [1.29, 1.82) is 0 Å². The molecule has 5 heteroatoms. The Morgan fingerprint density at radius 2 is 2.10 bits per heavy atom. The number of amides is 1. The molecule has 1 aliphatic heterocycles. The summed E-state index contributed by atoms with van der Waals surface area (Å²) in [6.45, 7) is 11.1. The molecule has 0 radical (unpaired) electrons. The van der Waals surface area contributed by atoms with Crippen LogP contribution in [-0.4, -0.2) is 34.1 Å². The predicted molar refractivity (Wildman–Crippen MR) is 82.0 cm³/mol. The van der Waals surface area contributed by atoms with Gasteiger partial charge >= 0.3 is 6.09 Å². The summed E-state index contributed by atoms with van der Waals surface area (Å²) >= 11 is 1.54. The van der Waals surface area contributed by atoms with E-state index in [4.69, 9.17) is 4.74 Å². The van der Waals surface area contributed by atoms with Gasteiger partial charge in [0.2, 0.25) is 0 Å². The van der Waals surface area contributed by atoms with E-state index in [9.17, 15) is 4.79 Å². The van der Waals surface area contributed by atoms with Crippen LogP contribution >= 0.6 is 11.5 Å². The molecule has 0 fully saturated rings. The monoisotopic (exact) mass is 294 g/mol. The van der Waals surface area contributed by atoms with Gasteiger partial charge < -0.3 is 9.64 Å². The molecule has 0 saturated carbocycles. The van der Waals surface area contributed by atoms with Crippen LogP contribution in [0.25, 0.3) is 5.57 Å². The van der Waals surface area contributed by atoms with Gasteiger partial charge in [0.1, 0.15) is 5.60 Å². The van der Waals surface area contributed by atoms with Crippen LogP contribution in [0.15, 0.2) is 6.08 Å². The molecule has 0 saturated heterocycles. The Kier molecular flexibility index (Phi) is 4.18. The fourth-order valence-corrected chi connectivity index (χ4v) is 3.07. The minimum atomic E-state index is -0.439. The van der Waals surface area contributed by atoms with Crippen molar-refractivity contribution in [3.8, 4) is 0 Å². The van der Waals surface area contributed by atoms with Crippen molar-refractivity contribution in [3.63, 3.8) is 0 Å². The number of ether oxygens (including phenoxy) is 1. The number of rotatable bonds is 1. The fourth-order valence-electron chi connectivity index (χ4n) is 2.33. The van der Waals surface area contributed by atoms with Crippen molar-refractivity contribution < 1.29 is 9.53 Å². The molecule has 1 aromatic rings. The normalized spacial score (nSPS) is 16.1. The summed E-state index contributed by atoms with van der Waals surface area (Å²) in [4.78, 5) is 15.0. The standard InChI is InChI=1S/C15H22N2O2S/c1-10-13(11(2)20-16-10)12-6-8-17(9-7-12)14(18)19-15(3,4)5/h6H,7-9H2,1-5H3. The van der Waals surface area contributed by atoms with Crippen LogP contribution in [0.5, 0.6) is 0 Å². The van der Waals surface area contributed by atoms with E-state index in [0.29, 0.717) is 13.1 Å². The zero-order chi connectivity index (χ0) is 14.9. The topological polar surface area (TPSA) is 42.4 Å². The summed E-state index contributed by atoms with van der Waals surface area (Å²) < 4.78 is 9.79. The summed E-state index contributed by atoms with van der Waals surface area (Å²) in [7, 11) is 0. The number of aromatic nitrogens is 1. The lowest BCUT2D eigenvalue weighted by molar-refractivity contribution is 0.0270. The Morgan fingerprint density at radius 1 is 1.40 bits per heavy atom. The number of carbonyl (C=O) groups excluding carboxylic acids is 1. The molecule has 1 amide bonds. The average molecular weight is 294 g/mol. The second-order valence-corrected chi connectivity index (χ2v) is 7.08. The quantitative estimate of drug-likeness (QED) is 0.791. The van der Waals surface area contributed by atoms with E-state index < -0.39 is 5.60 Å². The van der Waals surface area contributed by atoms with Crippen LogP contribution < -0.4 is 0 Å². The number of hydrogen-bond donors (Lipinski definition) is 0. The third-order valence-corrected chi connectivity index (χ3v) is 4.06. The van der Waals surface area contributed by atoms with Gasteiger partial charge in [-0.25, -0.2) is 4.79 Å². The summed E-state index contributed by atoms with van der Waals surface area (Å²) in [5.74, 6) is 0. The smallest absolute Gasteiger partial charge is 0.410 e. The van der Waals surface area contributed by atoms with Gasteiger partial charge in [0.05, 0.1) is 5.69 Å². The van der Waals surface area contributed by atoms with Crippen LogP contribution in [0.2, 0.25) is 0 Å². The second-order valence-electron chi connectivity index (χ2n) is 6.10. The van der Waals surface area contributed by atoms with Crippen LogP contribution in [0, 0.1) is 13.8 Å². The van der Waals surface area contributed by atoms with Crippen LogP contribution in [0.3, 0.4) is 0 Å². The van der Waals surface area contributed by atoms with Gasteiger partial charge in [0, 0.05) is 23.5 Å². The van der Waals surface area contributed by atoms with Gasteiger partial charge in [-0.15, -0.1) is 0 Å². The largest absolute Gasteiger partial charge is 0.444 e. The molecule has 110 valence electrons. The van der Waals surface area contributed by atoms with Crippen molar-refractivity contribution in [1.82, 2.24) is 9.27 Å². The maximum absolute atomic E-state index is 12.0. The van der Waals surface area contributed by atoms with E-state index in [1.54, 1.807) is 16.4 Å². The Balaban J connectivity index is 2.06. The van der Waals surface area contributed by atoms with Crippen molar-refractivity contribution in [2.75, 3.05) is 13.1 Å². The summed E-state index contributed by atoms with van der Waals surface area (Å²) in [5, 5.41) is 0. The predicted octanol–water partition coefficient (Wildman–Crippen LogP) is 3.78. The minimum absolute atomic E-state index is 0.232. The maximum atomic E-state index is 12.0. The SMILES string of the molecule is Cc1nsc(C)c1C1=CCN(C(=O)OC(C)(C)C)CC1. The molecule has 0 N–H and O–H groups in total. The van der Waals surface area contributed by atoms with Gasteiger partial charge in [0.25, 0.3) is 0 Å². The summed E-state index contributed by atoms with van der Waals surface area (Å²) in [5.41, 5.74) is 3.21. The van der Waals surface area contributed by atoms with E-state index in [1.165, 1.54) is 16.0 Å². The van der Waals surface area contributed by atoms with E-state index in [2.05, 4.69) is 17.4 Å². The summed E-state index contributed by atoms with van der Waals surface area (Å²) in [6, 6.07) is 0. The molecule has 0 aromatic carbocycles. The highest BCUT2D eigenvalue weighted by molar-refractivity contribution is 7.06. The first-order valence-electron chi connectivity index (χ1n) is 6.88. The molecule has 4 nitrogen and oxygen atoms in total. The van der Waals surface area contributed by atoms with Crippen LogP contribution in [-0.2, 0) is 4.74 Å².